The van der Waals surface area contributed by atoms with E-state index in [4.69, 9.17) is 10.5 Å². The molecule has 0 aliphatic rings. The molecule has 1 aromatic heterocycles. The molecule has 0 spiro atoms. The van der Waals surface area contributed by atoms with Gasteiger partial charge in [-0.05, 0) is 30.7 Å². The maximum absolute atomic E-state index is 11.9. The largest absolute Gasteiger partial charge is 0.459 e. The van der Waals surface area contributed by atoms with Crippen LogP contribution in [0.1, 0.15) is 24.1 Å². The Morgan fingerprint density at radius 2 is 2.26 bits per heavy atom. The number of rotatable bonds is 4. The van der Waals surface area contributed by atoms with Crippen LogP contribution in [0.2, 0.25) is 0 Å². The maximum Gasteiger partial charge on any atom is 0.313 e. The molecule has 1 unspecified atom stereocenters. The summed E-state index contributed by atoms with van der Waals surface area (Å²) in [6.45, 7) is 1.99. The number of aryl methyl sites for hydroxylation is 1. The highest BCUT2D eigenvalue weighted by molar-refractivity contribution is 5.78. The van der Waals surface area contributed by atoms with Gasteiger partial charge >= 0.3 is 5.97 Å². The number of ether oxygens (including phenoxy) is 1. The molecule has 1 aromatic carbocycles. The molecule has 0 aliphatic heterocycles. The molecule has 0 radical (unpaired) electrons. The van der Waals surface area contributed by atoms with Gasteiger partial charge in [-0.15, -0.1) is 0 Å². The van der Waals surface area contributed by atoms with Gasteiger partial charge in [-0.1, -0.05) is 12.1 Å². The van der Waals surface area contributed by atoms with Crippen LogP contribution in [0.25, 0.3) is 0 Å². The van der Waals surface area contributed by atoms with E-state index in [1.54, 1.807) is 23.7 Å². The van der Waals surface area contributed by atoms with Gasteiger partial charge in [0.05, 0.1) is 11.6 Å². The minimum absolute atomic E-state index is 0.187. The van der Waals surface area contributed by atoms with Gasteiger partial charge < -0.3 is 10.5 Å². The number of nitrogens with two attached hydrogens (primary N) is 1. The topological polar surface area (TPSA) is 70.1 Å². The second kappa shape index (κ2) is 5.56. The monoisotopic (exact) mass is 259 g/mol. The van der Waals surface area contributed by atoms with Gasteiger partial charge in [0.15, 0.2) is 0 Å². The molecule has 5 heteroatoms. The van der Waals surface area contributed by atoms with E-state index in [2.05, 4.69) is 5.10 Å². The average Bonchev–Trinajstić information content (AvgIpc) is 2.81. The summed E-state index contributed by atoms with van der Waals surface area (Å²) in [5.74, 6) is -0.622. The van der Waals surface area contributed by atoms with Gasteiger partial charge in [0, 0.05) is 18.9 Å². The summed E-state index contributed by atoms with van der Waals surface area (Å²) in [5.41, 5.74) is 7.92. The Morgan fingerprint density at radius 3 is 2.89 bits per heavy atom. The fraction of sp³-hybridized carbons (Fsp3) is 0.286. The van der Waals surface area contributed by atoms with Crippen LogP contribution in [0.5, 0.6) is 0 Å². The first-order valence-corrected chi connectivity index (χ1v) is 6.07. The van der Waals surface area contributed by atoms with E-state index < -0.39 is 0 Å². The summed E-state index contributed by atoms with van der Waals surface area (Å²) in [6, 6.07) is 9.08. The predicted molar refractivity (Wildman–Crippen MR) is 72.3 cm³/mol. The van der Waals surface area contributed by atoms with Crippen molar-refractivity contribution in [1.82, 2.24) is 9.78 Å². The highest BCUT2D eigenvalue weighted by atomic mass is 16.5. The second-order valence-electron chi connectivity index (χ2n) is 4.48. The van der Waals surface area contributed by atoms with Crippen LogP contribution in [0.4, 0.5) is 5.69 Å². The molecular formula is C14H17N3O2. The molecule has 0 amide bonds. The van der Waals surface area contributed by atoms with Crippen LogP contribution in [-0.4, -0.2) is 15.7 Å². The number of nitrogens with zero attached hydrogens (tertiary/aromatic N) is 2. The summed E-state index contributed by atoms with van der Waals surface area (Å²) in [4.78, 5) is 11.9. The summed E-state index contributed by atoms with van der Waals surface area (Å²) in [6.07, 6.45) is 1.81. The van der Waals surface area contributed by atoms with Gasteiger partial charge in [0.2, 0.25) is 0 Å². The van der Waals surface area contributed by atoms with Crippen molar-refractivity contribution in [2.45, 2.75) is 19.4 Å². The number of hydrogen-bond donors (Lipinski definition) is 1. The van der Waals surface area contributed by atoms with Crippen LogP contribution in [0, 0.1) is 0 Å². The highest BCUT2D eigenvalue weighted by Gasteiger charge is 2.17. The number of carbonyl (C=O) groups is 1. The summed E-state index contributed by atoms with van der Waals surface area (Å²) in [5, 5.41) is 4.15. The Hall–Kier alpha value is -2.30. The first kappa shape index (κ1) is 13.1. The number of nitrogen functional groups attached to an aromatic ring is 1. The van der Waals surface area contributed by atoms with Gasteiger partial charge in [-0.3, -0.25) is 9.48 Å². The van der Waals surface area contributed by atoms with Crippen LogP contribution in [-0.2, 0) is 23.2 Å². The second-order valence-corrected chi connectivity index (χ2v) is 4.48. The molecule has 0 fully saturated rings. The average molecular weight is 259 g/mol. The molecule has 2 aromatic rings. The van der Waals surface area contributed by atoms with Crippen molar-refractivity contribution in [1.29, 1.82) is 0 Å². The lowest BCUT2D eigenvalue weighted by molar-refractivity contribution is -0.146. The zero-order valence-corrected chi connectivity index (χ0v) is 11.0. The summed E-state index contributed by atoms with van der Waals surface area (Å²) >= 11 is 0. The Labute approximate surface area is 112 Å². The molecule has 0 saturated heterocycles. The first-order valence-electron chi connectivity index (χ1n) is 6.07. The number of aromatic nitrogens is 2. The molecule has 1 heterocycles. The Balaban J connectivity index is 1.96. The van der Waals surface area contributed by atoms with E-state index in [0.717, 1.165) is 11.3 Å². The quantitative estimate of drug-likeness (QED) is 0.672. The van der Waals surface area contributed by atoms with Gasteiger partial charge in [-0.25, -0.2) is 0 Å². The van der Waals surface area contributed by atoms with Crippen LogP contribution >= 0.6 is 0 Å². The molecule has 5 nitrogen and oxygen atoms in total. The van der Waals surface area contributed by atoms with Gasteiger partial charge in [0.1, 0.15) is 6.61 Å². The van der Waals surface area contributed by atoms with Crippen molar-refractivity contribution in [3.63, 3.8) is 0 Å². The third kappa shape index (κ3) is 3.34. The fourth-order valence-corrected chi connectivity index (χ4v) is 1.77. The molecule has 100 valence electrons. The maximum atomic E-state index is 11.9. The smallest absolute Gasteiger partial charge is 0.313 e. The fourth-order valence-electron chi connectivity index (χ4n) is 1.77. The normalized spacial score (nSPS) is 12.1. The summed E-state index contributed by atoms with van der Waals surface area (Å²) < 4.78 is 6.91. The SMILES string of the molecule is CC(C(=O)OCc1ccn(C)n1)c1cccc(N)c1. The van der Waals surface area contributed by atoms with Crippen molar-refractivity contribution in [3.8, 4) is 0 Å². The van der Waals surface area contributed by atoms with E-state index in [9.17, 15) is 4.79 Å². The summed E-state index contributed by atoms with van der Waals surface area (Å²) in [7, 11) is 1.82. The molecule has 0 bridgehead atoms. The van der Waals surface area contributed by atoms with Crippen molar-refractivity contribution < 1.29 is 9.53 Å². The zero-order valence-electron chi connectivity index (χ0n) is 11.0. The third-order valence-electron chi connectivity index (χ3n) is 2.90. The molecule has 2 N–H and O–H groups in total. The Kier molecular flexibility index (Phi) is 3.85. The third-order valence-corrected chi connectivity index (χ3v) is 2.90. The number of anilines is 1. The lowest BCUT2D eigenvalue weighted by atomic mass is 10.0. The molecule has 0 aliphatic carbocycles. The highest BCUT2D eigenvalue weighted by Crippen LogP contribution is 2.19. The number of benzene rings is 1. The number of carbonyl (C=O) groups excluding carboxylic acids is 1. The molecule has 19 heavy (non-hydrogen) atoms. The van der Waals surface area contributed by atoms with Crippen molar-refractivity contribution in [2.75, 3.05) is 5.73 Å². The molecular weight excluding hydrogens is 242 g/mol. The van der Waals surface area contributed by atoms with Gasteiger partial charge in [-0.2, -0.15) is 5.10 Å². The zero-order chi connectivity index (χ0) is 13.8. The molecule has 1 atom stereocenters. The molecule has 0 saturated carbocycles. The Morgan fingerprint density at radius 1 is 1.47 bits per heavy atom. The van der Waals surface area contributed by atoms with Gasteiger partial charge in [0.25, 0.3) is 0 Å². The predicted octanol–water partition coefficient (Wildman–Crippen LogP) is 1.85. The van der Waals surface area contributed by atoms with E-state index in [1.165, 1.54) is 0 Å². The standard InChI is InChI=1S/C14H17N3O2/c1-10(11-4-3-5-12(15)8-11)14(18)19-9-13-6-7-17(2)16-13/h3-8,10H,9,15H2,1-2H3. The van der Waals surface area contributed by atoms with E-state index in [1.807, 2.05) is 31.4 Å². The lowest BCUT2D eigenvalue weighted by Crippen LogP contribution is -2.13. The van der Waals surface area contributed by atoms with Crippen molar-refractivity contribution in [3.05, 3.63) is 47.8 Å². The Bertz CT molecular complexity index is 578. The van der Waals surface area contributed by atoms with E-state index in [-0.39, 0.29) is 18.5 Å². The first-order chi connectivity index (χ1) is 9.06. The number of hydrogen-bond acceptors (Lipinski definition) is 4. The van der Waals surface area contributed by atoms with E-state index in [0.29, 0.717) is 5.69 Å². The van der Waals surface area contributed by atoms with Crippen molar-refractivity contribution in [2.24, 2.45) is 7.05 Å². The van der Waals surface area contributed by atoms with Crippen LogP contribution < -0.4 is 5.73 Å². The van der Waals surface area contributed by atoms with Crippen molar-refractivity contribution >= 4 is 11.7 Å². The molecule has 2 rings (SSSR count). The van der Waals surface area contributed by atoms with Crippen LogP contribution in [0.15, 0.2) is 36.5 Å². The number of esters is 1. The minimum Gasteiger partial charge on any atom is -0.459 e. The van der Waals surface area contributed by atoms with Crippen LogP contribution in [0.3, 0.4) is 0 Å². The lowest BCUT2D eigenvalue weighted by Gasteiger charge is -2.11. The van der Waals surface area contributed by atoms with E-state index >= 15 is 0 Å². The minimum atomic E-state index is -0.341.